The molecule has 2 saturated heterocycles. The van der Waals surface area contributed by atoms with Crippen LogP contribution in [0.15, 0.2) is 24.3 Å². The van der Waals surface area contributed by atoms with Crippen LogP contribution in [0.2, 0.25) is 0 Å². The van der Waals surface area contributed by atoms with Crippen LogP contribution < -0.4 is 0 Å². The summed E-state index contributed by atoms with van der Waals surface area (Å²) in [6.07, 6.45) is 0. The highest BCUT2D eigenvalue weighted by atomic mass is 32.2. The molecule has 2 heterocycles. The zero-order chi connectivity index (χ0) is 33.2. The highest BCUT2D eigenvalue weighted by Crippen LogP contribution is 2.48. The molecule has 0 aromatic heterocycles. The molecular weight excluding hydrogens is 589 g/mol. The van der Waals surface area contributed by atoms with Gasteiger partial charge in [-0.1, -0.05) is 83.1 Å². The van der Waals surface area contributed by atoms with Crippen molar-refractivity contribution in [2.45, 2.75) is 115 Å². The molecule has 0 spiro atoms. The number of carbonyl (C=O) groups is 2. The lowest BCUT2D eigenvalue weighted by Gasteiger charge is -2.33. The lowest BCUT2D eigenvalue weighted by molar-refractivity contribution is -0.132. The lowest BCUT2D eigenvalue weighted by Crippen LogP contribution is -2.39. The highest BCUT2D eigenvalue weighted by molar-refractivity contribution is 8.00. The molecule has 242 valence electrons. The summed E-state index contributed by atoms with van der Waals surface area (Å²) in [5.74, 6) is 1.55. The van der Waals surface area contributed by atoms with Crippen LogP contribution in [-0.4, -0.2) is 56.4 Å². The first kappa shape index (κ1) is 34.6. The van der Waals surface area contributed by atoms with Gasteiger partial charge in [0, 0.05) is 13.1 Å². The van der Waals surface area contributed by atoms with Crippen LogP contribution in [0.4, 0.5) is 0 Å². The fraction of sp³-hybridized carbons (Fsp3) is 0.611. The largest absolute Gasteiger partial charge is 0.507 e. The summed E-state index contributed by atoms with van der Waals surface area (Å²) in [6, 6.07) is 8.25. The van der Waals surface area contributed by atoms with E-state index in [0.717, 1.165) is 33.4 Å². The number of carbonyl (C=O) groups excluding carboxylic acids is 2. The number of thioether (sulfide) groups is 2. The molecule has 8 heteroatoms. The molecule has 2 fully saturated rings. The van der Waals surface area contributed by atoms with Crippen molar-refractivity contribution in [1.29, 1.82) is 0 Å². The van der Waals surface area contributed by atoms with Crippen molar-refractivity contribution in [3.8, 4) is 11.5 Å². The van der Waals surface area contributed by atoms with Gasteiger partial charge in [-0.25, -0.2) is 0 Å². The Bertz CT molecular complexity index is 1260. The molecule has 2 atom stereocenters. The van der Waals surface area contributed by atoms with E-state index in [-0.39, 0.29) is 44.2 Å². The second-order valence-electron chi connectivity index (χ2n) is 16.4. The van der Waals surface area contributed by atoms with Gasteiger partial charge in [-0.05, 0) is 79.3 Å². The minimum Gasteiger partial charge on any atom is -0.507 e. The lowest BCUT2D eigenvalue weighted by atomic mass is 9.78. The van der Waals surface area contributed by atoms with Gasteiger partial charge >= 0.3 is 0 Å². The normalized spacial score (nSPS) is 20.3. The minimum atomic E-state index is -0.271. The van der Waals surface area contributed by atoms with Crippen LogP contribution in [0.25, 0.3) is 0 Å². The summed E-state index contributed by atoms with van der Waals surface area (Å²) in [5.41, 5.74) is 4.44. The molecule has 44 heavy (non-hydrogen) atoms. The van der Waals surface area contributed by atoms with Gasteiger partial charge in [0.15, 0.2) is 0 Å². The summed E-state index contributed by atoms with van der Waals surface area (Å²) in [6.45, 7) is 26.0. The Morgan fingerprint density at radius 1 is 0.568 bits per heavy atom. The predicted octanol–water partition coefficient (Wildman–Crippen LogP) is 8.14. The molecule has 2 aliphatic heterocycles. The van der Waals surface area contributed by atoms with E-state index in [1.807, 2.05) is 9.80 Å². The Balaban J connectivity index is 1.68. The van der Waals surface area contributed by atoms with Crippen molar-refractivity contribution in [2.75, 3.05) is 24.6 Å². The number of hydrogen-bond donors (Lipinski definition) is 2. The first-order chi connectivity index (χ1) is 20.0. The SMILES string of the molecule is CC(C)(C)c1cc(C2SCC(=O)N2CCN2C(=O)CSC2c2cc(C(C)(C)C)c(O)c(C(C)(C)C)c2)cc(C(C)(C)C)c1O. The zero-order valence-corrected chi connectivity index (χ0v) is 30.3. The third-order valence-electron chi connectivity index (χ3n) is 8.58. The van der Waals surface area contributed by atoms with Crippen molar-refractivity contribution < 1.29 is 19.8 Å². The van der Waals surface area contributed by atoms with E-state index >= 15 is 0 Å². The minimum absolute atomic E-state index is 0.0632. The number of benzene rings is 2. The molecule has 0 saturated carbocycles. The van der Waals surface area contributed by atoms with Gasteiger partial charge in [0.2, 0.25) is 11.8 Å². The maximum Gasteiger partial charge on any atom is 0.233 e. The van der Waals surface area contributed by atoms with E-state index in [9.17, 15) is 19.8 Å². The van der Waals surface area contributed by atoms with Gasteiger partial charge in [0.25, 0.3) is 0 Å². The molecular formula is C36H52N2O4S2. The van der Waals surface area contributed by atoms with Gasteiger partial charge in [-0.15, -0.1) is 23.5 Å². The van der Waals surface area contributed by atoms with Crippen LogP contribution in [-0.2, 0) is 31.2 Å². The predicted molar refractivity (Wildman–Crippen MR) is 185 cm³/mol. The Morgan fingerprint density at radius 3 is 1.05 bits per heavy atom. The monoisotopic (exact) mass is 640 g/mol. The van der Waals surface area contributed by atoms with Crippen molar-refractivity contribution in [3.63, 3.8) is 0 Å². The van der Waals surface area contributed by atoms with Crippen molar-refractivity contribution in [1.82, 2.24) is 9.80 Å². The Hall–Kier alpha value is -2.32. The Labute approximate surface area is 273 Å². The number of phenolic OH excluding ortho intramolecular Hbond substituents is 2. The summed E-state index contributed by atoms with van der Waals surface area (Å²) in [4.78, 5) is 30.4. The molecule has 2 amide bonds. The first-order valence-electron chi connectivity index (χ1n) is 15.6. The Morgan fingerprint density at radius 2 is 0.818 bits per heavy atom. The zero-order valence-electron chi connectivity index (χ0n) is 28.7. The number of rotatable bonds is 5. The number of phenols is 2. The van der Waals surface area contributed by atoms with Gasteiger partial charge in [0.05, 0.1) is 11.5 Å². The molecule has 0 radical (unpaired) electrons. The molecule has 0 aliphatic carbocycles. The van der Waals surface area contributed by atoms with Crippen molar-refractivity contribution in [3.05, 3.63) is 57.6 Å². The molecule has 0 bridgehead atoms. The van der Waals surface area contributed by atoms with Crippen molar-refractivity contribution in [2.24, 2.45) is 0 Å². The fourth-order valence-corrected chi connectivity index (χ4v) is 8.44. The van der Waals surface area contributed by atoms with E-state index in [1.165, 1.54) is 0 Å². The summed E-state index contributed by atoms with van der Waals surface area (Å²) in [7, 11) is 0. The molecule has 4 rings (SSSR count). The smallest absolute Gasteiger partial charge is 0.233 e. The van der Waals surface area contributed by atoms with Crippen LogP contribution in [0.3, 0.4) is 0 Å². The molecule has 2 unspecified atom stereocenters. The maximum atomic E-state index is 13.3. The average molecular weight is 641 g/mol. The quantitative estimate of drug-likeness (QED) is 0.344. The third kappa shape index (κ3) is 6.91. The van der Waals surface area contributed by atoms with E-state index in [2.05, 4.69) is 107 Å². The average Bonchev–Trinajstić information content (AvgIpc) is 3.41. The van der Waals surface area contributed by atoms with E-state index < -0.39 is 0 Å². The molecule has 2 aliphatic rings. The molecule has 2 aromatic rings. The summed E-state index contributed by atoms with van der Waals surface area (Å²) >= 11 is 3.21. The molecule has 2 N–H and O–H groups in total. The highest BCUT2D eigenvalue weighted by Gasteiger charge is 2.39. The van der Waals surface area contributed by atoms with Gasteiger partial charge in [0.1, 0.15) is 22.2 Å². The van der Waals surface area contributed by atoms with Gasteiger partial charge in [-0.2, -0.15) is 0 Å². The van der Waals surface area contributed by atoms with E-state index in [0.29, 0.717) is 36.1 Å². The van der Waals surface area contributed by atoms with Gasteiger partial charge < -0.3 is 20.0 Å². The molecule has 2 aromatic carbocycles. The third-order valence-corrected chi connectivity index (χ3v) is 11.1. The first-order valence-corrected chi connectivity index (χ1v) is 17.7. The van der Waals surface area contributed by atoms with Crippen LogP contribution in [0, 0.1) is 0 Å². The standard InChI is InChI=1S/C36H52N2O4S2/c1-33(2,3)23-15-21(16-24(29(23)41)34(4,5)6)31-37(27(39)19-43-31)13-14-38-28(40)20-44-32(38)22-17-25(35(7,8)9)30(42)26(18-22)36(10,11)12/h15-18,31-32,41-42H,13-14,19-20H2,1-12H3. The summed E-state index contributed by atoms with van der Waals surface area (Å²) in [5, 5.41) is 22.1. The van der Waals surface area contributed by atoms with Crippen LogP contribution >= 0.6 is 23.5 Å². The maximum absolute atomic E-state index is 13.3. The molecule has 6 nitrogen and oxygen atoms in total. The van der Waals surface area contributed by atoms with Crippen LogP contribution in [0.5, 0.6) is 11.5 Å². The topological polar surface area (TPSA) is 81.1 Å². The number of nitrogens with zero attached hydrogens (tertiary/aromatic N) is 2. The second-order valence-corrected chi connectivity index (χ2v) is 18.6. The van der Waals surface area contributed by atoms with Gasteiger partial charge in [-0.3, -0.25) is 9.59 Å². The van der Waals surface area contributed by atoms with E-state index in [4.69, 9.17) is 0 Å². The number of amides is 2. The second kappa shape index (κ2) is 11.8. The van der Waals surface area contributed by atoms with E-state index in [1.54, 1.807) is 23.5 Å². The summed E-state index contributed by atoms with van der Waals surface area (Å²) < 4.78 is 0. The van der Waals surface area contributed by atoms with Crippen LogP contribution in [0.1, 0.15) is 127 Å². The fourth-order valence-electron chi connectivity index (χ4n) is 6.05. The number of hydrogen-bond acceptors (Lipinski definition) is 6. The number of aromatic hydroxyl groups is 2. The van der Waals surface area contributed by atoms with Crippen molar-refractivity contribution >= 4 is 35.3 Å². The Kier molecular flexibility index (Phi) is 9.26.